The molecule has 1 amide bonds. The first-order valence-electron chi connectivity index (χ1n) is 13.1. The number of hydrogen-bond acceptors (Lipinski definition) is 5. The van der Waals surface area contributed by atoms with Crippen molar-refractivity contribution in [3.8, 4) is 0 Å². The summed E-state index contributed by atoms with van der Waals surface area (Å²) in [7, 11) is 0. The van der Waals surface area contributed by atoms with Crippen LogP contribution in [0.3, 0.4) is 0 Å². The zero-order chi connectivity index (χ0) is 27.4. The van der Waals surface area contributed by atoms with Crippen LogP contribution in [0.2, 0.25) is 10.0 Å². The molecule has 0 unspecified atom stereocenters. The van der Waals surface area contributed by atoms with Gasteiger partial charge in [0.25, 0.3) is 0 Å². The third kappa shape index (κ3) is 5.01. The average molecular weight is 580 g/mol. The highest BCUT2D eigenvalue weighted by atomic mass is 35.5. The molecule has 2 heterocycles. The summed E-state index contributed by atoms with van der Waals surface area (Å²) in [5.41, 5.74) is -0.0728. The van der Waals surface area contributed by atoms with E-state index >= 15 is 0 Å². The maximum absolute atomic E-state index is 15.0. The van der Waals surface area contributed by atoms with Gasteiger partial charge in [0, 0.05) is 27.9 Å². The van der Waals surface area contributed by atoms with Gasteiger partial charge in [-0.3, -0.25) is 9.59 Å². The van der Waals surface area contributed by atoms with E-state index in [9.17, 15) is 19.1 Å². The van der Waals surface area contributed by atoms with E-state index in [1.807, 2.05) is 12.1 Å². The molecule has 0 aromatic heterocycles. The van der Waals surface area contributed by atoms with Gasteiger partial charge in [-0.1, -0.05) is 67.9 Å². The van der Waals surface area contributed by atoms with E-state index in [1.54, 1.807) is 12.1 Å². The fourth-order valence-corrected chi connectivity index (χ4v) is 8.19. The second kappa shape index (κ2) is 10.4. The molecular formula is C29H33Cl2FN2O3S. The number of aliphatic hydroxyl groups excluding tert-OH is 1. The second-order valence-corrected chi connectivity index (χ2v) is 13.9. The summed E-state index contributed by atoms with van der Waals surface area (Å²) in [6, 6.07) is 8.93. The van der Waals surface area contributed by atoms with Crippen LogP contribution in [0, 0.1) is 11.2 Å². The lowest BCUT2D eigenvalue weighted by Crippen LogP contribution is -2.49. The fourth-order valence-electron chi connectivity index (χ4n) is 6.50. The monoisotopic (exact) mass is 578 g/mol. The first kappa shape index (κ1) is 27.9. The highest BCUT2D eigenvalue weighted by Gasteiger charge is 2.66. The van der Waals surface area contributed by atoms with Crippen LogP contribution in [0.15, 0.2) is 41.3 Å². The Morgan fingerprint density at radius 2 is 1.89 bits per heavy atom. The van der Waals surface area contributed by atoms with Crippen LogP contribution in [-0.4, -0.2) is 40.4 Å². The summed E-state index contributed by atoms with van der Waals surface area (Å²) >= 11 is 13.6. The summed E-state index contributed by atoms with van der Waals surface area (Å²) in [6.45, 7) is 6.27. The SMILES string of the molecule is CC(C)(C)C[C@H]1N[C@@H](C(=O)N[C@H]2CC[C@H](O)CC2)[C@H](c2cccc(Cl)c2)[C@@]12C(=O)Sc1cc(Cl)c(F)cc12. The quantitative estimate of drug-likeness (QED) is 0.415. The van der Waals surface area contributed by atoms with Crippen molar-refractivity contribution in [2.24, 2.45) is 5.41 Å². The molecule has 2 fully saturated rings. The first-order valence-corrected chi connectivity index (χ1v) is 14.7. The Hall–Kier alpha value is -1.64. The van der Waals surface area contributed by atoms with Crippen LogP contribution in [0.5, 0.6) is 0 Å². The third-order valence-corrected chi connectivity index (χ3v) is 9.72. The van der Waals surface area contributed by atoms with Crippen molar-refractivity contribution >= 4 is 46.0 Å². The highest BCUT2D eigenvalue weighted by molar-refractivity contribution is 8.14. The largest absolute Gasteiger partial charge is 0.393 e. The molecule has 5 nitrogen and oxygen atoms in total. The van der Waals surface area contributed by atoms with Gasteiger partial charge in [-0.15, -0.1) is 0 Å². The van der Waals surface area contributed by atoms with Crippen LogP contribution in [0.1, 0.15) is 69.9 Å². The van der Waals surface area contributed by atoms with E-state index in [0.29, 0.717) is 47.6 Å². The van der Waals surface area contributed by atoms with Crippen molar-refractivity contribution in [3.63, 3.8) is 0 Å². The molecule has 0 radical (unpaired) electrons. The summed E-state index contributed by atoms with van der Waals surface area (Å²) < 4.78 is 15.0. The van der Waals surface area contributed by atoms with Gasteiger partial charge in [0.2, 0.25) is 11.0 Å². The maximum Gasteiger partial charge on any atom is 0.238 e. The van der Waals surface area contributed by atoms with E-state index in [2.05, 4.69) is 31.4 Å². The minimum Gasteiger partial charge on any atom is -0.393 e. The highest BCUT2D eigenvalue weighted by Crippen LogP contribution is 2.60. The normalized spacial score (nSPS) is 31.0. The van der Waals surface area contributed by atoms with Gasteiger partial charge >= 0.3 is 0 Å². The molecule has 2 aliphatic heterocycles. The molecule has 2 aromatic carbocycles. The van der Waals surface area contributed by atoms with E-state index in [1.165, 1.54) is 12.1 Å². The molecule has 1 saturated heterocycles. The van der Waals surface area contributed by atoms with Gasteiger partial charge in [-0.05, 0) is 72.9 Å². The van der Waals surface area contributed by atoms with Crippen LogP contribution >= 0.6 is 35.0 Å². The topological polar surface area (TPSA) is 78.4 Å². The number of fused-ring (bicyclic) bond motifs is 2. The zero-order valence-electron chi connectivity index (χ0n) is 21.7. The lowest BCUT2D eigenvalue weighted by Gasteiger charge is -2.38. The van der Waals surface area contributed by atoms with Gasteiger partial charge in [0.15, 0.2) is 0 Å². The van der Waals surface area contributed by atoms with Gasteiger partial charge < -0.3 is 15.7 Å². The van der Waals surface area contributed by atoms with E-state index in [0.717, 1.165) is 17.3 Å². The molecule has 204 valence electrons. The number of benzene rings is 2. The minimum atomic E-state index is -1.20. The standard InChI is InChI=1S/C29H33Cl2FN2O3S/c1-28(2,3)14-23-29(19-12-21(32)20(31)13-22(19)38-27(29)37)24(15-5-4-6-16(30)11-15)25(34-23)26(36)33-17-7-9-18(35)10-8-17/h4-6,11-13,17-18,23-25,34-35H,7-10,14H2,1-3H3,(H,33,36)/t17-,18-,23-,24+,25-,29+/m1/s1. The van der Waals surface area contributed by atoms with E-state index < -0.39 is 29.2 Å². The number of amides is 1. The number of aliphatic hydroxyl groups is 1. The zero-order valence-corrected chi connectivity index (χ0v) is 24.0. The summed E-state index contributed by atoms with van der Waals surface area (Å²) in [5.74, 6) is -1.41. The number of thioether (sulfide) groups is 1. The summed E-state index contributed by atoms with van der Waals surface area (Å²) in [5, 5.41) is 17.0. The van der Waals surface area contributed by atoms with Crippen LogP contribution < -0.4 is 10.6 Å². The van der Waals surface area contributed by atoms with Crippen molar-refractivity contribution in [3.05, 3.63) is 63.4 Å². The molecule has 38 heavy (non-hydrogen) atoms. The molecule has 2 aromatic rings. The Morgan fingerprint density at radius 1 is 1.18 bits per heavy atom. The molecule has 5 rings (SSSR count). The first-order chi connectivity index (χ1) is 17.9. The van der Waals surface area contributed by atoms with Gasteiger partial charge in [-0.2, -0.15) is 0 Å². The Morgan fingerprint density at radius 3 is 2.55 bits per heavy atom. The molecule has 1 aliphatic carbocycles. The number of carbonyl (C=O) groups is 2. The molecule has 1 saturated carbocycles. The molecule has 3 aliphatic rings. The van der Waals surface area contributed by atoms with E-state index in [-0.39, 0.29) is 33.6 Å². The average Bonchev–Trinajstić information content (AvgIpc) is 3.30. The van der Waals surface area contributed by atoms with Crippen LogP contribution in [0.25, 0.3) is 0 Å². The number of hydrogen-bond donors (Lipinski definition) is 3. The van der Waals surface area contributed by atoms with Crippen LogP contribution in [0.4, 0.5) is 4.39 Å². The fraction of sp³-hybridized carbons (Fsp3) is 0.517. The van der Waals surface area contributed by atoms with Crippen molar-refractivity contribution in [1.29, 1.82) is 0 Å². The third-order valence-electron chi connectivity index (χ3n) is 8.11. The molecule has 9 heteroatoms. The lowest BCUT2D eigenvalue weighted by molar-refractivity contribution is -0.124. The predicted octanol–water partition coefficient (Wildman–Crippen LogP) is 5.98. The predicted molar refractivity (Wildman–Crippen MR) is 149 cm³/mol. The molecule has 4 atom stereocenters. The summed E-state index contributed by atoms with van der Waals surface area (Å²) in [4.78, 5) is 28.8. The molecule has 3 N–H and O–H groups in total. The summed E-state index contributed by atoms with van der Waals surface area (Å²) in [6.07, 6.45) is 2.91. The molecule has 1 spiro atoms. The lowest BCUT2D eigenvalue weighted by atomic mass is 9.63. The van der Waals surface area contributed by atoms with Crippen LogP contribution in [-0.2, 0) is 15.0 Å². The second-order valence-electron chi connectivity index (χ2n) is 12.0. The van der Waals surface area contributed by atoms with Crippen molar-refractivity contribution in [2.45, 2.75) is 93.3 Å². The molecular weight excluding hydrogens is 546 g/mol. The Bertz CT molecular complexity index is 1260. The van der Waals surface area contributed by atoms with Gasteiger partial charge in [0.1, 0.15) is 5.82 Å². The van der Waals surface area contributed by atoms with Gasteiger partial charge in [-0.25, -0.2) is 4.39 Å². The number of rotatable bonds is 4. The smallest absolute Gasteiger partial charge is 0.238 e. The number of halogens is 3. The Balaban J connectivity index is 1.66. The Labute approximate surface area is 237 Å². The van der Waals surface area contributed by atoms with Crippen molar-refractivity contribution in [2.75, 3.05) is 0 Å². The number of nitrogens with one attached hydrogen (secondary N) is 2. The molecule has 0 bridgehead atoms. The van der Waals surface area contributed by atoms with Crippen molar-refractivity contribution < 1.29 is 19.1 Å². The maximum atomic E-state index is 15.0. The minimum absolute atomic E-state index is 0.0347. The van der Waals surface area contributed by atoms with Crippen molar-refractivity contribution in [1.82, 2.24) is 10.6 Å². The van der Waals surface area contributed by atoms with E-state index in [4.69, 9.17) is 23.2 Å². The Kier molecular flexibility index (Phi) is 7.64. The number of carbonyl (C=O) groups excluding carboxylic acids is 2. The van der Waals surface area contributed by atoms with Gasteiger partial charge in [0.05, 0.1) is 22.6 Å².